The van der Waals surface area contributed by atoms with Gasteiger partial charge in [0.1, 0.15) is 5.60 Å². The van der Waals surface area contributed by atoms with Crippen LogP contribution in [0.15, 0.2) is 0 Å². The molecule has 18 heavy (non-hydrogen) atoms. The Morgan fingerprint density at radius 2 is 1.50 bits per heavy atom. The highest BCUT2D eigenvalue weighted by Crippen LogP contribution is 2.34. The van der Waals surface area contributed by atoms with Crippen molar-refractivity contribution in [3.05, 3.63) is 0 Å². The first-order chi connectivity index (χ1) is 8.15. The van der Waals surface area contributed by atoms with Gasteiger partial charge < -0.3 is 14.9 Å². The van der Waals surface area contributed by atoms with Crippen molar-refractivity contribution in [1.82, 2.24) is 0 Å². The molecule has 0 spiro atoms. The van der Waals surface area contributed by atoms with E-state index in [-0.39, 0.29) is 17.7 Å². The molecule has 0 aromatic carbocycles. The zero-order chi connectivity index (χ0) is 14.3. The van der Waals surface area contributed by atoms with Gasteiger partial charge in [0.05, 0.1) is 6.10 Å². The molecule has 0 aromatic rings. The lowest BCUT2D eigenvalue weighted by Crippen LogP contribution is -2.39. The maximum atomic E-state index is 10.9. The summed E-state index contributed by atoms with van der Waals surface area (Å²) in [4.78, 5) is 19.9. The van der Waals surface area contributed by atoms with Crippen LogP contribution < -0.4 is 0 Å². The molecular formula is C13H24O5. The predicted molar refractivity (Wildman–Crippen MR) is 67.1 cm³/mol. The minimum absolute atomic E-state index is 0.153. The number of aliphatic carboxylic acids is 1. The van der Waals surface area contributed by atoms with Crippen LogP contribution in [0.25, 0.3) is 0 Å². The van der Waals surface area contributed by atoms with Gasteiger partial charge in [-0.15, -0.1) is 0 Å². The van der Waals surface area contributed by atoms with Gasteiger partial charge >= 0.3 is 5.97 Å². The lowest BCUT2D eigenvalue weighted by atomic mass is 9.78. The second kappa shape index (κ2) is 7.36. The van der Waals surface area contributed by atoms with Gasteiger partial charge in [-0.3, -0.25) is 9.59 Å². The molecule has 0 amide bonds. The lowest BCUT2D eigenvalue weighted by molar-refractivity contribution is -0.160. The van der Waals surface area contributed by atoms with Gasteiger partial charge in [-0.1, -0.05) is 0 Å². The Hall–Kier alpha value is -1.10. The van der Waals surface area contributed by atoms with Gasteiger partial charge in [0.15, 0.2) is 0 Å². The number of hydrogen-bond donors (Lipinski definition) is 2. The van der Waals surface area contributed by atoms with Gasteiger partial charge in [0.25, 0.3) is 5.97 Å². The Kier molecular flexibility index (Phi) is 6.91. The van der Waals surface area contributed by atoms with Crippen molar-refractivity contribution in [3.8, 4) is 0 Å². The number of aliphatic hydroxyl groups excluding tert-OH is 1. The number of aliphatic hydroxyl groups is 1. The SMILES string of the molecule is CC(=O)O.CC(=O)OC(C)(C)C1CCC(O)CC1. The maximum absolute atomic E-state index is 10.9. The Morgan fingerprint density at radius 3 is 1.83 bits per heavy atom. The number of carbonyl (C=O) groups excluding carboxylic acids is 1. The summed E-state index contributed by atoms with van der Waals surface area (Å²) in [6.45, 7) is 6.44. The summed E-state index contributed by atoms with van der Waals surface area (Å²) in [5.74, 6) is -0.670. The average Bonchev–Trinajstić information content (AvgIpc) is 2.15. The van der Waals surface area contributed by atoms with Crippen molar-refractivity contribution in [2.24, 2.45) is 5.92 Å². The molecule has 0 aromatic heterocycles. The fourth-order valence-corrected chi connectivity index (χ4v) is 2.22. The highest BCUT2D eigenvalue weighted by molar-refractivity contribution is 5.66. The van der Waals surface area contributed by atoms with E-state index in [4.69, 9.17) is 14.6 Å². The third kappa shape index (κ3) is 7.27. The minimum atomic E-state index is -0.833. The zero-order valence-electron chi connectivity index (χ0n) is 11.6. The van der Waals surface area contributed by atoms with E-state index in [1.807, 2.05) is 13.8 Å². The van der Waals surface area contributed by atoms with Crippen molar-refractivity contribution in [2.75, 3.05) is 0 Å². The summed E-state index contributed by atoms with van der Waals surface area (Å²) in [6, 6.07) is 0. The van der Waals surface area contributed by atoms with E-state index in [0.29, 0.717) is 5.92 Å². The first kappa shape index (κ1) is 16.9. The monoisotopic (exact) mass is 260 g/mol. The van der Waals surface area contributed by atoms with E-state index in [2.05, 4.69) is 0 Å². The van der Waals surface area contributed by atoms with Crippen LogP contribution in [0.2, 0.25) is 0 Å². The molecule has 5 heteroatoms. The van der Waals surface area contributed by atoms with Crippen LogP contribution in [0.3, 0.4) is 0 Å². The van der Waals surface area contributed by atoms with Crippen LogP contribution in [-0.4, -0.2) is 33.9 Å². The van der Waals surface area contributed by atoms with Gasteiger partial charge in [-0.05, 0) is 45.4 Å². The van der Waals surface area contributed by atoms with Crippen molar-refractivity contribution in [3.63, 3.8) is 0 Å². The summed E-state index contributed by atoms with van der Waals surface area (Å²) in [6.07, 6.45) is 3.40. The number of esters is 1. The number of ether oxygens (including phenoxy) is 1. The molecule has 0 atom stereocenters. The van der Waals surface area contributed by atoms with Crippen LogP contribution in [0, 0.1) is 5.92 Å². The molecule has 1 aliphatic carbocycles. The van der Waals surface area contributed by atoms with Gasteiger partial charge in [-0.25, -0.2) is 0 Å². The Balaban J connectivity index is 0.000000631. The first-order valence-corrected chi connectivity index (χ1v) is 6.22. The fraction of sp³-hybridized carbons (Fsp3) is 0.846. The first-order valence-electron chi connectivity index (χ1n) is 6.22. The Morgan fingerprint density at radius 1 is 1.11 bits per heavy atom. The second-order valence-electron chi connectivity index (χ2n) is 5.22. The fourth-order valence-electron chi connectivity index (χ4n) is 2.22. The van der Waals surface area contributed by atoms with Crippen molar-refractivity contribution < 1.29 is 24.5 Å². The minimum Gasteiger partial charge on any atom is -0.481 e. The maximum Gasteiger partial charge on any atom is 0.303 e. The standard InChI is InChI=1S/C11H20O3.C2H4O2/c1-8(12)14-11(2,3)9-4-6-10(13)7-5-9;1-2(3)4/h9-10,13H,4-7H2,1-3H3;1H3,(H,3,4). The molecule has 0 radical (unpaired) electrons. The third-order valence-corrected chi connectivity index (χ3v) is 3.09. The van der Waals surface area contributed by atoms with Gasteiger partial charge in [0, 0.05) is 13.8 Å². The smallest absolute Gasteiger partial charge is 0.303 e. The van der Waals surface area contributed by atoms with E-state index in [1.54, 1.807) is 0 Å². The molecule has 0 unspecified atom stereocenters. The number of hydrogen-bond acceptors (Lipinski definition) is 4. The van der Waals surface area contributed by atoms with Gasteiger partial charge in [-0.2, -0.15) is 0 Å². The summed E-state index contributed by atoms with van der Waals surface area (Å²) in [5.41, 5.74) is -0.383. The van der Waals surface area contributed by atoms with Crippen LogP contribution >= 0.6 is 0 Å². The Bertz CT molecular complexity index is 273. The summed E-state index contributed by atoms with van der Waals surface area (Å²) < 4.78 is 5.29. The molecule has 1 saturated carbocycles. The van der Waals surface area contributed by atoms with Gasteiger partial charge in [0.2, 0.25) is 0 Å². The van der Waals surface area contributed by atoms with E-state index in [9.17, 15) is 9.90 Å². The molecule has 1 aliphatic rings. The lowest BCUT2D eigenvalue weighted by Gasteiger charge is -2.37. The molecule has 0 aliphatic heterocycles. The van der Waals surface area contributed by atoms with E-state index < -0.39 is 5.97 Å². The summed E-state index contributed by atoms with van der Waals surface area (Å²) in [7, 11) is 0. The van der Waals surface area contributed by atoms with E-state index in [1.165, 1.54) is 6.92 Å². The topological polar surface area (TPSA) is 83.8 Å². The van der Waals surface area contributed by atoms with E-state index >= 15 is 0 Å². The third-order valence-electron chi connectivity index (χ3n) is 3.09. The molecule has 2 N–H and O–H groups in total. The van der Waals surface area contributed by atoms with Crippen LogP contribution in [0.1, 0.15) is 53.4 Å². The van der Waals surface area contributed by atoms with E-state index in [0.717, 1.165) is 32.6 Å². The summed E-state index contributed by atoms with van der Waals surface area (Å²) >= 11 is 0. The van der Waals surface area contributed by atoms with Crippen molar-refractivity contribution in [2.45, 2.75) is 65.1 Å². The number of carboxylic acids is 1. The number of carboxylic acid groups (broad SMARTS) is 1. The number of carbonyl (C=O) groups is 2. The quantitative estimate of drug-likeness (QED) is 0.741. The van der Waals surface area contributed by atoms with Crippen molar-refractivity contribution in [1.29, 1.82) is 0 Å². The largest absolute Gasteiger partial charge is 0.481 e. The molecule has 1 fully saturated rings. The van der Waals surface area contributed by atoms with Crippen LogP contribution in [-0.2, 0) is 14.3 Å². The molecule has 106 valence electrons. The molecule has 1 rings (SSSR count). The average molecular weight is 260 g/mol. The van der Waals surface area contributed by atoms with Crippen LogP contribution in [0.4, 0.5) is 0 Å². The predicted octanol–water partition coefficient (Wildman–Crippen LogP) is 1.97. The highest BCUT2D eigenvalue weighted by atomic mass is 16.6. The Labute approximate surface area is 108 Å². The molecule has 0 saturated heterocycles. The summed E-state index contributed by atoms with van der Waals surface area (Å²) in [5, 5.41) is 16.8. The van der Waals surface area contributed by atoms with Crippen molar-refractivity contribution >= 4 is 11.9 Å². The zero-order valence-corrected chi connectivity index (χ0v) is 11.6. The number of rotatable bonds is 2. The molecular weight excluding hydrogens is 236 g/mol. The highest BCUT2D eigenvalue weighted by Gasteiger charge is 2.35. The molecule has 0 heterocycles. The second-order valence-corrected chi connectivity index (χ2v) is 5.22. The van der Waals surface area contributed by atoms with Crippen LogP contribution in [0.5, 0.6) is 0 Å². The molecule has 5 nitrogen and oxygen atoms in total. The molecule has 0 bridgehead atoms. The normalized spacial score (nSPS) is 23.6.